The Kier molecular flexibility index (Phi) is 11.2. The lowest BCUT2D eigenvalue weighted by Crippen LogP contribution is -2.39. The van der Waals surface area contributed by atoms with Crippen LogP contribution >= 0.6 is 24.0 Å². The van der Waals surface area contributed by atoms with E-state index in [0.717, 1.165) is 23.6 Å². The van der Waals surface area contributed by atoms with E-state index in [9.17, 15) is 4.79 Å². The first kappa shape index (κ1) is 25.7. The van der Waals surface area contributed by atoms with Crippen molar-refractivity contribution in [2.24, 2.45) is 4.99 Å². The van der Waals surface area contributed by atoms with Gasteiger partial charge in [0, 0.05) is 26.7 Å². The van der Waals surface area contributed by atoms with E-state index in [0.29, 0.717) is 25.0 Å². The maximum absolute atomic E-state index is 11.9. The molecule has 1 heterocycles. The summed E-state index contributed by atoms with van der Waals surface area (Å²) in [6.07, 6.45) is 0.812. The Balaban J connectivity index is 0.00000450. The number of hydrogen-bond donors (Lipinski definition) is 2. The highest BCUT2D eigenvalue weighted by Crippen LogP contribution is 2.14. The van der Waals surface area contributed by atoms with Crippen LogP contribution in [0.5, 0.6) is 5.75 Å². The van der Waals surface area contributed by atoms with Crippen molar-refractivity contribution in [3.8, 4) is 5.75 Å². The molecule has 8 nitrogen and oxygen atoms in total. The lowest BCUT2D eigenvalue weighted by atomic mass is 10.1. The third-order valence-electron chi connectivity index (χ3n) is 4.34. The van der Waals surface area contributed by atoms with E-state index in [4.69, 9.17) is 9.26 Å². The number of likely N-dealkylation sites (N-methyl/N-ethyl adjacent to an activating group) is 1. The van der Waals surface area contributed by atoms with Gasteiger partial charge >= 0.3 is 0 Å². The Bertz CT molecular complexity index is 803. The number of carbonyl (C=O) groups is 1. The van der Waals surface area contributed by atoms with Crippen LogP contribution in [0.25, 0.3) is 0 Å². The van der Waals surface area contributed by atoms with E-state index >= 15 is 0 Å². The van der Waals surface area contributed by atoms with Gasteiger partial charge < -0.3 is 24.8 Å². The second kappa shape index (κ2) is 13.1. The average Bonchev–Trinajstić information content (AvgIpc) is 3.19. The van der Waals surface area contributed by atoms with E-state index in [1.165, 1.54) is 10.5 Å². The van der Waals surface area contributed by atoms with Crippen LogP contribution in [0.2, 0.25) is 0 Å². The van der Waals surface area contributed by atoms with Crippen molar-refractivity contribution in [3.63, 3.8) is 0 Å². The van der Waals surface area contributed by atoms with Gasteiger partial charge in [-0.05, 0) is 30.0 Å². The minimum absolute atomic E-state index is 0. The van der Waals surface area contributed by atoms with Crippen molar-refractivity contribution in [3.05, 3.63) is 47.3 Å². The van der Waals surface area contributed by atoms with Gasteiger partial charge in [-0.2, -0.15) is 0 Å². The van der Waals surface area contributed by atoms with Crippen molar-refractivity contribution in [2.75, 3.05) is 34.3 Å². The quantitative estimate of drug-likeness (QED) is 0.295. The summed E-state index contributed by atoms with van der Waals surface area (Å²) >= 11 is 0. The lowest BCUT2D eigenvalue weighted by Gasteiger charge is -2.13. The zero-order valence-electron chi connectivity index (χ0n) is 18.3. The maximum atomic E-state index is 11.9. The number of amides is 1. The molecule has 0 radical (unpaired) electrons. The molecule has 0 fully saturated rings. The summed E-state index contributed by atoms with van der Waals surface area (Å²) in [6, 6.07) is 9.87. The van der Waals surface area contributed by atoms with Gasteiger partial charge in [0.15, 0.2) is 11.7 Å². The van der Waals surface area contributed by atoms with Crippen LogP contribution in [0.1, 0.15) is 36.8 Å². The third kappa shape index (κ3) is 8.60. The first-order valence-corrected chi connectivity index (χ1v) is 9.69. The van der Waals surface area contributed by atoms with Gasteiger partial charge in [-0.15, -0.1) is 24.0 Å². The predicted octanol–water partition coefficient (Wildman–Crippen LogP) is 2.79. The molecule has 0 bridgehead atoms. The van der Waals surface area contributed by atoms with Gasteiger partial charge in [0.25, 0.3) is 0 Å². The monoisotopic (exact) mass is 529 g/mol. The number of aromatic nitrogens is 1. The van der Waals surface area contributed by atoms with E-state index in [-0.39, 0.29) is 36.4 Å². The predicted molar refractivity (Wildman–Crippen MR) is 129 cm³/mol. The van der Waals surface area contributed by atoms with Crippen molar-refractivity contribution < 1.29 is 14.1 Å². The molecule has 0 aliphatic rings. The van der Waals surface area contributed by atoms with Gasteiger partial charge in [0.05, 0.1) is 19.3 Å². The van der Waals surface area contributed by atoms with Crippen LogP contribution in [0, 0.1) is 0 Å². The molecule has 0 saturated heterocycles. The number of benzene rings is 1. The fourth-order valence-corrected chi connectivity index (χ4v) is 2.44. The molecule has 1 amide bonds. The zero-order chi connectivity index (χ0) is 21.2. The number of halogens is 1. The molecule has 2 N–H and O–H groups in total. The second-order valence-corrected chi connectivity index (χ2v) is 7.20. The number of carbonyl (C=O) groups excluding carboxylic acids is 1. The smallest absolute Gasteiger partial charge is 0.243 e. The Hall–Kier alpha value is -2.30. The Morgan fingerprint density at radius 3 is 2.50 bits per heavy atom. The number of aliphatic imine (C=N–C) groups is 1. The summed E-state index contributed by atoms with van der Waals surface area (Å²) in [7, 11) is 5.08. The SMILES string of the molecule is COc1ccc(CCNC(=NCC(=O)N(C)C)NCc2cc(C(C)C)no2)cc1.I. The van der Waals surface area contributed by atoms with Crippen LogP contribution < -0.4 is 15.4 Å². The topological polar surface area (TPSA) is 92.0 Å². The highest BCUT2D eigenvalue weighted by molar-refractivity contribution is 14.0. The Morgan fingerprint density at radius 1 is 1.23 bits per heavy atom. The molecular weight excluding hydrogens is 497 g/mol. The molecule has 1 aromatic carbocycles. The third-order valence-corrected chi connectivity index (χ3v) is 4.34. The van der Waals surface area contributed by atoms with E-state index in [2.05, 4.69) is 34.6 Å². The normalized spacial score (nSPS) is 11.1. The van der Waals surface area contributed by atoms with Gasteiger partial charge in [0.2, 0.25) is 5.91 Å². The van der Waals surface area contributed by atoms with Crippen LogP contribution in [0.15, 0.2) is 39.8 Å². The van der Waals surface area contributed by atoms with Crippen LogP contribution in [-0.2, 0) is 17.8 Å². The second-order valence-electron chi connectivity index (χ2n) is 7.20. The van der Waals surface area contributed by atoms with Gasteiger partial charge in [-0.25, -0.2) is 4.99 Å². The average molecular weight is 529 g/mol. The molecule has 0 atom stereocenters. The van der Waals surface area contributed by atoms with Gasteiger partial charge in [-0.1, -0.05) is 31.1 Å². The number of methoxy groups -OCH3 is 1. The Labute approximate surface area is 195 Å². The number of rotatable bonds is 9. The molecule has 9 heteroatoms. The summed E-state index contributed by atoms with van der Waals surface area (Å²) < 4.78 is 10.5. The first-order valence-electron chi connectivity index (χ1n) is 9.69. The molecule has 0 unspecified atom stereocenters. The van der Waals surface area contributed by atoms with E-state index in [1.807, 2.05) is 30.3 Å². The molecule has 0 spiro atoms. The molecule has 2 rings (SSSR count). The minimum Gasteiger partial charge on any atom is -0.497 e. The largest absolute Gasteiger partial charge is 0.497 e. The van der Waals surface area contributed by atoms with Gasteiger partial charge in [-0.3, -0.25) is 4.79 Å². The van der Waals surface area contributed by atoms with Crippen LogP contribution in [0.4, 0.5) is 0 Å². The number of ether oxygens (including phenoxy) is 1. The lowest BCUT2D eigenvalue weighted by molar-refractivity contribution is -0.127. The molecule has 0 aliphatic heterocycles. The molecule has 0 aliphatic carbocycles. The fraction of sp³-hybridized carbons (Fsp3) is 0.476. The summed E-state index contributed by atoms with van der Waals surface area (Å²) in [6.45, 7) is 5.30. The summed E-state index contributed by atoms with van der Waals surface area (Å²) in [5.41, 5.74) is 2.09. The van der Waals surface area contributed by atoms with E-state index < -0.39 is 0 Å². The molecule has 166 valence electrons. The van der Waals surface area contributed by atoms with Crippen molar-refractivity contribution >= 4 is 35.8 Å². The Morgan fingerprint density at radius 2 is 1.93 bits per heavy atom. The minimum atomic E-state index is -0.0667. The zero-order valence-corrected chi connectivity index (χ0v) is 20.6. The molecule has 1 aromatic heterocycles. The van der Waals surface area contributed by atoms with Gasteiger partial charge in [0.1, 0.15) is 12.3 Å². The van der Waals surface area contributed by atoms with Crippen molar-refractivity contribution in [1.82, 2.24) is 20.7 Å². The highest BCUT2D eigenvalue weighted by Gasteiger charge is 2.09. The molecule has 2 aromatic rings. The summed E-state index contributed by atoms with van der Waals surface area (Å²) in [5.74, 6) is 2.35. The highest BCUT2D eigenvalue weighted by atomic mass is 127. The molecular formula is C21H32IN5O3. The number of guanidine groups is 1. The maximum Gasteiger partial charge on any atom is 0.243 e. The fourth-order valence-electron chi connectivity index (χ4n) is 2.44. The van der Waals surface area contributed by atoms with Crippen molar-refractivity contribution in [2.45, 2.75) is 32.7 Å². The number of hydrogen-bond acceptors (Lipinski definition) is 5. The summed E-state index contributed by atoms with van der Waals surface area (Å²) in [4.78, 5) is 17.8. The first-order chi connectivity index (χ1) is 13.9. The van der Waals surface area contributed by atoms with Crippen LogP contribution in [0.3, 0.4) is 0 Å². The van der Waals surface area contributed by atoms with E-state index in [1.54, 1.807) is 21.2 Å². The number of nitrogens with zero attached hydrogens (tertiary/aromatic N) is 3. The molecule has 0 saturated carbocycles. The number of nitrogens with one attached hydrogen (secondary N) is 2. The van der Waals surface area contributed by atoms with Crippen molar-refractivity contribution in [1.29, 1.82) is 0 Å². The molecule has 30 heavy (non-hydrogen) atoms. The summed E-state index contributed by atoms with van der Waals surface area (Å²) in [5, 5.41) is 10.5. The standard InChI is InChI=1S/C21H31N5O3.HI/c1-15(2)19-12-18(29-25-19)13-23-21(24-14-20(27)26(3)4)22-11-10-16-6-8-17(28-5)9-7-16;/h6-9,12,15H,10-11,13-14H2,1-5H3,(H2,22,23,24);1H. The van der Waals surface area contributed by atoms with Crippen LogP contribution in [-0.4, -0.2) is 56.2 Å².